The molecule has 0 radical (unpaired) electrons. The maximum absolute atomic E-state index is 12.5. The molecular weight excluding hydrogens is 252 g/mol. The van der Waals surface area contributed by atoms with Crippen LogP contribution in [0.15, 0.2) is 29.2 Å². The first kappa shape index (κ1) is 13.7. The minimum Gasteiger partial charge on any atom is -0.381 e. The zero-order valence-electron chi connectivity index (χ0n) is 10.7. The molecule has 1 aromatic carbocycles. The molecule has 4 heteroatoms. The summed E-state index contributed by atoms with van der Waals surface area (Å²) in [4.78, 5) is 0.634. The molecule has 0 saturated heterocycles. The molecule has 100 valence electrons. The summed E-state index contributed by atoms with van der Waals surface area (Å²) >= 11 is 0.613. The van der Waals surface area contributed by atoms with Gasteiger partial charge in [0.15, 0.2) is 0 Å². The Balaban J connectivity index is 2.13. The van der Waals surface area contributed by atoms with Gasteiger partial charge in [0.05, 0.1) is 0 Å². The molecule has 1 saturated carbocycles. The van der Waals surface area contributed by atoms with Crippen LogP contribution in [0.2, 0.25) is 0 Å². The monoisotopic (exact) mass is 271 g/mol. The minimum absolute atomic E-state index is 0.239. The maximum Gasteiger partial charge on any atom is 0.288 e. The Hall–Kier alpha value is -0.770. The summed E-state index contributed by atoms with van der Waals surface area (Å²) in [5.74, 6) is -2.37. The quantitative estimate of drug-likeness (QED) is 0.774. The van der Waals surface area contributed by atoms with E-state index in [9.17, 15) is 8.78 Å². The van der Waals surface area contributed by atoms with E-state index >= 15 is 0 Å². The Bertz CT molecular complexity index is 407. The lowest BCUT2D eigenvalue weighted by atomic mass is 9.87. The molecule has 0 aromatic heterocycles. The molecule has 1 aliphatic rings. The van der Waals surface area contributed by atoms with Crippen LogP contribution in [0.5, 0.6) is 0 Å². The highest BCUT2D eigenvalue weighted by atomic mass is 32.2. The zero-order chi connectivity index (χ0) is 13.2. The van der Waals surface area contributed by atoms with Crippen LogP contribution in [0.1, 0.15) is 33.1 Å². The number of hydrogen-bond acceptors (Lipinski definition) is 2. The maximum atomic E-state index is 12.5. The van der Waals surface area contributed by atoms with Gasteiger partial charge in [-0.1, -0.05) is 44.2 Å². The van der Waals surface area contributed by atoms with Crippen molar-refractivity contribution < 1.29 is 8.78 Å². The number of rotatable bonds is 4. The van der Waals surface area contributed by atoms with Crippen molar-refractivity contribution in [2.24, 2.45) is 5.41 Å². The summed E-state index contributed by atoms with van der Waals surface area (Å²) in [5, 5.41) is 3.45. The van der Waals surface area contributed by atoms with Gasteiger partial charge in [0.2, 0.25) is 0 Å². The molecule has 1 aromatic rings. The van der Waals surface area contributed by atoms with Crippen LogP contribution in [0.3, 0.4) is 0 Å². The predicted molar refractivity (Wildman–Crippen MR) is 73.3 cm³/mol. The van der Waals surface area contributed by atoms with Crippen molar-refractivity contribution in [2.75, 3.05) is 5.32 Å². The van der Waals surface area contributed by atoms with E-state index in [1.165, 1.54) is 12.8 Å². The molecule has 18 heavy (non-hydrogen) atoms. The first-order chi connectivity index (χ1) is 8.49. The average Bonchev–Trinajstić information content (AvgIpc) is 2.60. The number of benzene rings is 1. The summed E-state index contributed by atoms with van der Waals surface area (Å²) in [6.07, 6.45) is 3.50. The molecule has 1 unspecified atom stereocenters. The molecule has 1 aliphatic carbocycles. The van der Waals surface area contributed by atoms with E-state index in [-0.39, 0.29) is 5.41 Å². The Morgan fingerprint density at radius 3 is 2.67 bits per heavy atom. The molecule has 1 N–H and O–H groups in total. The fraction of sp³-hybridized carbons (Fsp3) is 0.571. The van der Waals surface area contributed by atoms with E-state index in [0.29, 0.717) is 22.7 Å². The van der Waals surface area contributed by atoms with Gasteiger partial charge in [-0.15, -0.1) is 0 Å². The van der Waals surface area contributed by atoms with Crippen LogP contribution in [-0.4, -0.2) is 11.8 Å². The second-order valence-electron chi connectivity index (χ2n) is 5.45. The molecule has 0 spiro atoms. The molecule has 1 atom stereocenters. The largest absolute Gasteiger partial charge is 0.381 e. The standard InChI is InChI=1S/C14H19F2NS/c1-14(2)9-5-8-12(14)17-10-6-3-4-7-11(10)18-13(15)16/h3-4,6-7,12-13,17H,5,8-9H2,1-2H3. The van der Waals surface area contributed by atoms with Gasteiger partial charge in [0.25, 0.3) is 5.76 Å². The fourth-order valence-corrected chi connectivity index (χ4v) is 3.17. The van der Waals surface area contributed by atoms with E-state index in [2.05, 4.69) is 19.2 Å². The number of halogens is 2. The van der Waals surface area contributed by atoms with Crippen LogP contribution in [0, 0.1) is 5.41 Å². The third kappa shape index (κ3) is 3.16. The van der Waals surface area contributed by atoms with E-state index in [1.807, 2.05) is 12.1 Å². The lowest BCUT2D eigenvalue weighted by Crippen LogP contribution is -2.30. The van der Waals surface area contributed by atoms with Crippen LogP contribution in [0.25, 0.3) is 0 Å². The lowest BCUT2D eigenvalue weighted by molar-refractivity contribution is 0.252. The Kier molecular flexibility index (Phi) is 4.15. The average molecular weight is 271 g/mol. The number of hydrogen-bond donors (Lipinski definition) is 1. The third-order valence-electron chi connectivity index (χ3n) is 3.69. The highest BCUT2D eigenvalue weighted by Crippen LogP contribution is 2.41. The van der Waals surface area contributed by atoms with Crippen LogP contribution < -0.4 is 5.32 Å². The number of anilines is 1. The summed E-state index contributed by atoms with van der Waals surface area (Å²) < 4.78 is 25.0. The van der Waals surface area contributed by atoms with Crippen LogP contribution >= 0.6 is 11.8 Å². The molecular formula is C14H19F2NS. The van der Waals surface area contributed by atoms with Crippen molar-refractivity contribution >= 4 is 17.4 Å². The van der Waals surface area contributed by atoms with Crippen molar-refractivity contribution in [3.8, 4) is 0 Å². The second kappa shape index (κ2) is 5.47. The summed E-state index contributed by atoms with van der Waals surface area (Å²) in [6, 6.07) is 7.70. The zero-order valence-corrected chi connectivity index (χ0v) is 11.6. The number of para-hydroxylation sites is 1. The van der Waals surface area contributed by atoms with Gasteiger partial charge < -0.3 is 5.32 Å². The Morgan fingerprint density at radius 2 is 2.06 bits per heavy atom. The molecule has 2 rings (SSSR count). The van der Waals surface area contributed by atoms with Crippen molar-refractivity contribution in [3.63, 3.8) is 0 Å². The van der Waals surface area contributed by atoms with Gasteiger partial charge in [-0.05, 0) is 30.4 Å². The van der Waals surface area contributed by atoms with E-state index < -0.39 is 5.76 Å². The smallest absolute Gasteiger partial charge is 0.288 e. The van der Waals surface area contributed by atoms with Gasteiger partial charge in [-0.2, -0.15) is 8.78 Å². The topological polar surface area (TPSA) is 12.0 Å². The van der Waals surface area contributed by atoms with Gasteiger partial charge in [0, 0.05) is 16.6 Å². The van der Waals surface area contributed by atoms with Gasteiger partial charge in [0.1, 0.15) is 0 Å². The first-order valence-corrected chi connectivity index (χ1v) is 7.17. The van der Waals surface area contributed by atoms with Gasteiger partial charge in [-0.3, -0.25) is 0 Å². The van der Waals surface area contributed by atoms with Crippen molar-refractivity contribution in [2.45, 2.75) is 49.8 Å². The molecule has 0 heterocycles. The first-order valence-electron chi connectivity index (χ1n) is 6.29. The molecule has 0 aliphatic heterocycles. The normalized spacial score (nSPS) is 22.4. The lowest BCUT2D eigenvalue weighted by Gasteiger charge is -2.29. The number of nitrogens with one attached hydrogen (secondary N) is 1. The minimum atomic E-state index is -2.37. The van der Waals surface area contributed by atoms with E-state index in [1.54, 1.807) is 12.1 Å². The van der Waals surface area contributed by atoms with E-state index in [0.717, 1.165) is 12.1 Å². The second-order valence-corrected chi connectivity index (χ2v) is 6.48. The van der Waals surface area contributed by atoms with Crippen LogP contribution in [0.4, 0.5) is 14.5 Å². The SMILES string of the molecule is CC1(C)CCCC1Nc1ccccc1SC(F)F. The molecule has 0 amide bonds. The van der Waals surface area contributed by atoms with Gasteiger partial charge >= 0.3 is 0 Å². The number of thioether (sulfide) groups is 1. The molecule has 1 nitrogen and oxygen atoms in total. The van der Waals surface area contributed by atoms with Gasteiger partial charge in [-0.25, -0.2) is 0 Å². The Morgan fingerprint density at radius 1 is 1.33 bits per heavy atom. The van der Waals surface area contributed by atoms with E-state index in [4.69, 9.17) is 0 Å². The predicted octanol–water partition coefficient (Wildman–Crippen LogP) is 4.99. The summed E-state index contributed by atoms with van der Waals surface area (Å²) in [5.41, 5.74) is 1.07. The summed E-state index contributed by atoms with van der Waals surface area (Å²) in [6.45, 7) is 4.47. The van der Waals surface area contributed by atoms with Crippen molar-refractivity contribution in [1.29, 1.82) is 0 Å². The van der Waals surface area contributed by atoms with Crippen molar-refractivity contribution in [1.82, 2.24) is 0 Å². The highest BCUT2D eigenvalue weighted by molar-refractivity contribution is 7.99. The Labute approximate surface area is 111 Å². The highest BCUT2D eigenvalue weighted by Gasteiger charge is 2.34. The molecule has 0 bridgehead atoms. The number of alkyl halides is 2. The van der Waals surface area contributed by atoms with Crippen LogP contribution in [-0.2, 0) is 0 Å². The van der Waals surface area contributed by atoms with Crippen molar-refractivity contribution in [3.05, 3.63) is 24.3 Å². The molecule has 1 fully saturated rings. The summed E-state index contributed by atoms with van der Waals surface area (Å²) in [7, 11) is 0. The fourth-order valence-electron chi connectivity index (χ4n) is 2.57. The third-order valence-corrected chi connectivity index (χ3v) is 4.48.